The van der Waals surface area contributed by atoms with Gasteiger partial charge in [-0.15, -0.1) is 0 Å². The van der Waals surface area contributed by atoms with E-state index in [0.29, 0.717) is 18.8 Å². The normalized spacial score (nSPS) is 14.9. The minimum Gasteiger partial charge on any atom is -0.484 e. The SMILES string of the molecule is O=C(O)CC1CN(C(=O)COc2ccc(F)cc2)C1. The Morgan fingerprint density at radius 3 is 2.53 bits per heavy atom. The lowest BCUT2D eigenvalue weighted by atomic mass is 9.96. The first-order valence-electron chi connectivity index (χ1n) is 5.92. The summed E-state index contributed by atoms with van der Waals surface area (Å²) in [5.41, 5.74) is 0. The van der Waals surface area contributed by atoms with Gasteiger partial charge in [-0.3, -0.25) is 9.59 Å². The molecule has 0 unspecified atom stereocenters. The van der Waals surface area contributed by atoms with E-state index in [0.717, 1.165) is 0 Å². The van der Waals surface area contributed by atoms with Gasteiger partial charge in [-0.05, 0) is 24.3 Å². The Morgan fingerprint density at radius 1 is 1.32 bits per heavy atom. The van der Waals surface area contributed by atoms with Crippen LogP contribution in [-0.2, 0) is 9.59 Å². The Kier molecular flexibility index (Phi) is 3.99. The van der Waals surface area contributed by atoms with Crippen LogP contribution in [0.1, 0.15) is 6.42 Å². The summed E-state index contributed by atoms with van der Waals surface area (Å²) in [5, 5.41) is 8.59. The molecular weight excluding hydrogens is 253 g/mol. The third-order valence-electron chi connectivity index (χ3n) is 2.95. The standard InChI is InChI=1S/C13H14FNO4/c14-10-1-3-11(4-2-10)19-8-12(16)15-6-9(7-15)5-13(17)18/h1-4,9H,5-8H2,(H,17,18). The van der Waals surface area contributed by atoms with Crippen LogP contribution in [0, 0.1) is 11.7 Å². The third kappa shape index (κ3) is 3.67. The van der Waals surface area contributed by atoms with Crippen molar-refractivity contribution in [2.45, 2.75) is 6.42 Å². The van der Waals surface area contributed by atoms with Crippen LogP contribution in [0.2, 0.25) is 0 Å². The van der Waals surface area contributed by atoms with E-state index in [4.69, 9.17) is 9.84 Å². The molecule has 1 saturated heterocycles. The van der Waals surface area contributed by atoms with Gasteiger partial charge in [-0.2, -0.15) is 0 Å². The molecule has 0 radical (unpaired) electrons. The molecule has 102 valence electrons. The van der Waals surface area contributed by atoms with Crippen molar-refractivity contribution in [2.75, 3.05) is 19.7 Å². The van der Waals surface area contributed by atoms with Gasteiger partial charge in [0.15, 0.2) is 6.61 Å². The second kappa shape index (κ2) is 5.69. The number of hydrogen-bond acceptors (Lipinski definition) is 3. The molecule has 1 aliphatic rings. The zero-order valence-electron chi connectivity index (χ0n) is 10.2. The molecule has 2 rings (SSSR count). The van der Waals surface area contributed by atoms with E-state index in [2.05, 4.69) is 0 Å². The summed E-state index contributed by atoms with van der Waals surface area (Å²) < 4.78 is 17.9. The number of carboxylic acids is 1. The predicted octanol–water partition coefficient (Wildman–Crippen LogP) is 1.14. The summed E-state index contributed by atoms with van der Waals surface area (Å²) in [6.07, 6.45) is 0.0859. The van der Waals surface area contributed by atoms with E-state index >= 15 is 0 Å². The first kappa shape index (κ1) is 13.3. The second-order valence-electron chi connectivity index (χ2n) is 4.51. The van der Waals surface area contributed by atoms with E-state index in [1.54, 1.807) is 4.90 Å². The number of likely N-dealkylation sites (tertiary alicyclic amines) is 1. The number of carboxylic acid groups (broad SMARTS) is 1. The Labute approximate surface area is 109 Å². The first-order chi connectivity index (χ1) is 9.04. The Morgan fingerprint density at radius 2 is 1.95 bits per heavy atom. The van der Waals surface area contributed by atoms with Crippen LogP contribution in [0.25, 0.3) is 0 Å². The zero-order valence-corrected chi connectivity index (χ0v) is 10.2. The van der Waals surface area contributed by atoms with Crippen molar-refractivity contribution in [3.8, 4) is 5.75 Å². The highest BCUT2D eigenvalue weighted by Crippen LogP contribution is 2.19. The van der Waals surface area contributed by atoms with E-state index < -0.39 is 5.97 Å². The Bertz CT molecular complexity index is 468. The maximum atomic E-state index is 12.6. The first-order valence-corrected chi connectivity index (χ1v) is 5.92. The molecule has 19 heavy (non-hydrogen) atoms. The van der Waals surface area contributed by atoms with Crippen LogP contribution in [-0.4, -0.2) is 41.6 Å². The van der Waals surface area contributed by atoms with Gasteiger partial charge in [0.1, 0.15) is 11.6 Å². The Balaban J connectivity index is 1.71. The molecule has 1 amide bonds. The summed E-state index contributed by atoms with van der Waals surface area (Å²) >= 11 is 0. The van der Waals surface area contributed by atoms with Gasteiger partial charge >= 0.3 is 5.97 Å². The predicted molar refractivity (Wildman–Crippen MR) is 64.2 cm³/mol. The highest BCUT2D eigenvalue weighted by atomic mass is 19.1. The van der Waals surface area contributed by atoms with Gasteiger partial charge in [-0.25, -0.2) is 4.39 Å². The van der Waals surface area contributed by atoms with Crippen LogP contribution < -0.4 is 4.74 Å². The molecule has 1 aliphatic heterocycles. The van der Waals surface area contributed by atoms with Crippen molar-refractivity contribution in [3.63, 3.8) is 0 Å². The number of aliphatic carboxylic acids is 1. The van der Waals surface area contributed by atoms with Crippen molar-refractivity contribution in [3.05, 3.63) is 30.1 Å². The quantitative estimate of drug-likeness (QED) is 0.868. The van der Waals surface area contributed by atoms with Crippen molar-refractivity contribution >= 4 is 11.9 Å². The fourth-order valence-electron chi connectivity index (χ4n) is 1.92. The number of carbonyl (C=O) groups is 2. The summed E-state index contributed by atoms with van der Waals surface area (Å²) in [7, 11) is 0. The van der Waals surface area contributed by atoms with Crippen molar-refractivity contribution in [1.82, 2.24) is 4.90 Å². The molecule has 1 N–H and O–H groups in total. The molecule has 1 aromatic carbocycles. The van der Waals surface area contributed by atoms with Crippen LogP contribution in [0.5, 0.6) is 5.75 Å². The van der Waals surface area contributed by atoms with Crippen LogP contribution in [0.3, 0.4) is 0 Å². The fourth-order valence-corrected chi connectivity index (χ4v) is 1.92. The molecular formula is C13H14FNO4. The topological polar surface area (TPSA) is 66.8 Å². The van der Waals surface area contributed by atoms with E-state index in [1.165, 1.54) is 24.3 Å². The molecule has 0 atom stereocenters. The van der Waals surface area contributed by atoms with E-state index in [9.17, 15) is 14.0 Å². The number of halogens is 1. The average Bonchev–Trinajstić information content (AvgIpc) is 2.32. The van der Waals surface area contributed by atoms with Gasteiger partial charge in [0, 0.05) is 19.0 Å². The van der Waals surface area contributed by atoms with Gasteiger partial charge in [0.05, 0.1) is 6.42 Å². The molecule has 1 aromatic rings. The van der Waals surface area contributed by atoms with Crippen molar-refractivity contribution in [2.24, 2.45) is 5.92 Å². The number of amides is 1. The van der Waals surface area contributed by atoms with Gasteiger partial charge in [0.25, 0.3) is 5.91 Å². The zero-order chi connectivity index (χ0) is 13.8. The smallest absolute Gasteiger partial charge is 0.303 e. The average molecular weight is 267 g/mol. The second-order valence-corrected chi connectivity index (χ2v) is 4.51. The third-order valence-corrected chi connectivity index (χ3v) is 2.95. The molecule has 1 fully saturated rings. The summed E-state index contributed by atoms with van der Waals surface area (Å²) in [6.45, 7) is 0.793. The molecule has 0 aromatic heterocycles. The van der Waals surface area contributed by atoms with Gasteiger partial charge in [-0.1, -0.05) is 0 Å². The van der Waals surface area contributed by atoms with E-state index in [1.807, 2.05) is 0 Å². The lowest BCUT2D eigenvalue weighted by Crippen LogP contribution is -2.52. The monoisotopic (exact) mass is 267 g/mol. The van der Waals surface area contributed by atoms with Crippen LogP contribution >= 0.6 is 0 Å². The number of benzene rings is 1. The van der Waals surface area contributed by atoms with Gasteiger partial charge < -0.3 is 14.7 Å². The summed E-state index contributed by atoms with van der Waals surface area (Å²) in [5.74, 6) is -0.937. The molecule has 5 nitrogen and oxygen atoms in total. The molecule has 0 saturated carbocycles. The minimum absolute atomic E-state index is 0.0345. The van der Waals surface area contributed by atoms with Crippen LogP contribution in [0.4, 0.5) is 4.39 Å². The summed E-state index contributed by atoms with van der Waals surface area (Å²) in [6, 6.07) is 5.41. The number of carbonyl (C=O) groups excluding carboxylic acids is 1. The number of hydrogen-bond donors (Lipinski definition) is 1. The van der Waals surface area contributed by atoms with Crippen molar-refractivity contribution < 1.29 is 23.8 Å². The highest BCUT2D eigenvalue weighted by molar-refractivity contribution is 5.79. The number of ether oxygens (including phenoxy) is 1. The lowest BCUT2D eigenvalue weighted by molar-refractivity contribution is -0.146. The maximum absolute atomic E-state index is 12.6. The largest absolute Gasteiger partial charge is 0.484 e. The molecule has 0 bridgehead atoms. The Hall–Kier alpha value is -2.11. The fraction of sp³-hybridized carbons (Fsp3) is 0.385. The summed E-state index contributed by atoms with van der Waals surface area (Å²) in [4.78, 5) is 23.7. The highest BCUT2D eigenvalue weighted by Gasteiger charge is 2.31. The maximum Gasteiger partial charge on any atom is 0.303 e. The molecule has 6 heteroatoms. The lowest BCUT2D eigenvalue weighted by Gasteiger charge is -2.38. The van der Waals surface area contributed by atoms with Gasteiger partial charge in [0.2, 0.25) is 0 Å². The number of rotatable bonds is 5. The molecule has 0 spiro atoms. The van der Waals surface area contributed by atoms with Crippen LogP contribution in [0.15, 0.2) is 24.3 Å². The molecule has 1 heterocycles. The van der Waals surface area contributed by atoms with E-state index in [-0.39, 0.29) is 30.7 Å². The number of nitrogens with zero attached hydrogens (tertiary/aromatic N) is 1. The van der Waals surface area contributed by atoms with Crippen molar-refractivity contribution in [1.29, 1.82) is 0 Å². The molecule has 0 aliphatic carbocycles. The minimum atomic E-state index is -0.848.